The van der Waals surface area contributed by atoms with Crippen LogP contribution in [0.4, 0.5) is 13.2 Å². The second-order valence-electron chi connectivity index (χ2n) is 3.40. The van der Waals surface area contributed by atoms with Crippen molar-refractivity contribution in [1.82, 2.24) is 10.3 Å². The van der Waals surface area contributed by atoms with Gasteiger partial charge in [-0.2, -0.15) is 13.2 Å². The highest BCUT2D eigenvalue weighted by molar-refractivity contribution is 6.30. The summed E-state index contributed by atoms with van der Waals surface area (Å²) in [6.07, 6.45) is -3.58. The lowest BCUT2D eigenvalue weighted by Gasteiger charge is -2.16. The Labute approximate surface area is 96.8 Å². The fraction of sp³-hybridized carbons (Fsp3) is 0.500. The largest absolute Gasteiger partial charge is 0.389 e. The summed E-state index contributed by atoms with van der Waals surface area (Å²) in [5, 5.41) is 3.27. The number of nitrogens with one attached hydrogen (secondary N) is 1. The molecule has 1 heterocycles. The summed E-state index contributed by atoms with van der Waals surface area (Å²) in [7, 11) is 1.61. The van der Waals surface area contributed by atoms with Gasteiger partial charge in [0.25, 0.3) is 0 Å². The van der Waals surface area contributed by atoms with E-state index in [0.717, 1.165) is 0 Å². The highest BCUT2D eigenvalue weighted by atomic mass is 35.5. The Kier molecular flexibility index (Phi) is 4.56. The van der Waals surface area contributed by atoms with E-state index in [4.69, 9.17) is 11.6 Å². The molecule has 1 unspecified atom stereocenters. The predicted molar refractivity (Wildman–Crippen MR) is 56.3 cm³/mol. The number of pyridine rings is 1. The van der Waals surface area contributed by atoms with Crippen LogP contribution in [0.15, 0.2) is 18.3 Å². The number of rotatable bonds is 4. The van der Waals surface area contributed by atoms with Crippen LogP contribution in [-0.2, 0) is 0 Å². The van der Waals surface area contributed by atoms with Crippen molar-refractivity contribution in [2.45, 2.75) is 25.1 Å². The molecule has 1 N–H and O–H groups in total. The molecule has 90 valence electrons. The fourth-order valence-corrected chi connectivity index (χ4v) is 1.45. The van der Waals surface area contributed by atoms with Crippen molar-refractivity contribution in [3.63, 3.8) is 0 Å². The van der Waals surface area contributed by atoms with Crippen LogP contribution in [0.25, 0.3) is 0 Å². The van der Waals surface area contributed by atoms with Gasteiger partial charge in [-0.05, 0) is 25.6 Å². The molecular weight excluding hydrogens is 241 g/mol. The summed E-state index contributed by atoms with van der Waals surface area (Å²) in [5.74, 6) is 0. The molecule has 0 spiro atoms. The quantitative estimate of drug-likeness (QED) is 0.889. The minimum atomic E-state index is -4.14. The maximum Gasteiger partial charge on any atom is 0.389 e. The molecule has 2 nitrogen and oxygen atoms in total. The number of aromatic nitrogens is 1. The van der Waals surface area contributed by atoms with Crippen molar-refractivity contribution >= 4 is 11.6 Å². The minimum absolute atomic E-state index is 0.0331. The van der Waals surface area contributed by atoms with Crippen molar-refractivity contribution in [2.24, 2.45) is 0 Å². The summed E-state index contributed by atoms with van der Waals surface area (Å²) in [5.41, 5.74) is 0.566. The zero-order chi connectivity index (χ0) is 12.2. The van der Waals surface area contributed by atoms with Crippen LogP contribution in [0.2, 0.25) is 5.02 Å². The Morgan fingerprint density at radius 1 is 1.44 bits per heavy atom. The van der Waals surface area contributed by atoms with E-state index < -0.39 is 18.6 Å². The monoisotopic (exact) mass is 252 g/mol. The summed E-state index contributed by atoms with van der Waals surface area (Å²) < 4.78 is 36.2. The Balaban J connectivity index is 2.64. The summed E-state index contributed by atoms with van der Waals surface area (Å²) in [6.45, 7) is 0. The molecule has 1 rings (SSSR count). The number of hydrogen-bond donors (Lipinski definition) is 1. The van der Waals surface area contributed by atoms with Gasteiger partial charge in [0.15, 0.2) is 0 Å². The second-order valence-corrected chi connectivity index (χ2v) is 3.83. The maximum absolute atomic E-state index is 12.1. The fourth-order valence-electron chi connectivity index (χ4n) is 1.34. The molecular formula is C10H12ClF3N2. The molecule has 1 aromatic rings. The molecule has 0 saturated heterocycles. The number of hydrogen-bond acceptors (Lipinski definition) is 2. The number of nitrogens with zero attached hydrogens (tertiary/aromatic N) is 1. The van der Waals surface area contributed by atoms with Crippen molar-refractivity contribution in [2.75, 3.05) is 7.05 Å². The minimum Gasteiger partial charge on any atom is -0.312 e. The van der Waals surface area contributed by atoms with Gasteiger partial charge >= 0.3 is 6.18 Å². The van der Waals surface area contributed by atoms with Crippen molar-refractivity contribution in [1.29, 1.82) is 0 Å². The van der Waals surface area contributed by atoms with E-state index in [2.05, 4.69) is 10.3 Å². The van der Waals surface area contributed by atoms with Gasteiger partial charge in [0.05, 0.1) is 10.7 Å². The average molecular weight is 253 g/mol. The van der Waals surface area contributed by atoms with Gasteiger partial charge in [0, 0.05) is 18.7 Å². The first kappa shape index (κ1) is 13.3. The molecule has 0 bridgehead atoms. The highest BCUT2D eigenvalue weighted by Crippen LogP contribution is 2.26. The Morgan fingerprint density at radius 2 is 2.12 bits per heavy atom. The molecule has 1 aromatic heterocycles. The molecule has 0 aliphatic rings. The van der Waals surface area contributed by atoms with Gasteiger partial charge in [0.1, 0.15) is 0 Å². The van der Waals surface area contributed by atoms with Gasteiger partial charge < -0.3 is 5.32 Å². The Morgan fingerprint density at radius 3 is 2.56 bits per heavy atom. The van der Waals surface area contributed by atoms with Gasteiger partial charge in [-0.3, -0.25) is 4.98 Å². The summed E-state index contributed by atoms with van der Waals surface area (Å²) in [4.78, 5) is 3.99. The highest BCUT2D eigenvalue weighted by Gasteiger charge is 2.28. The van der Waals surface area contributed by atoms with Crippen LogP contribution in [0.1, 0.15) is 24.6 Å². The molecule has 0 aliphatic heterocycles. The first-order chi connectivity index (χ1) is 7.42. The summed E-state index contributed by atoms with van der Waals surface area (Å²) in [6, 6.07) is 2.83. The predicted octanol–water partition coefficient (Wildman–Crippen LogP) is 3.34. The Bertz CT molecular complexity index is 324. The maximum atomic E-state index is 12.1. The third-order valence-electron chi connectivity index (χ3n) is 2.17. The number of alkyl halides is 3. The van der Waals surface area contributed by atoms with Gasteiger partial charge in [-0.25, -0.2) is 0 Å². The SMILES string of the molecule is CNC(CCC(F)(F)F)c1ccc(Cl)cn1. The van der Waals surface area contributed by atoms with Crippen LogP contribution in [0, 0.1) is 0 Å². The van der Waals surface area contributed by atoms with Crippen LogP contribution in [0.5, 0.6) is 0 Å². The molecule has 0 saturated carbocycles. The summed E-state index contributed by atoms with van der Waals surface area (Å²) >= 11 is 5.65. The van der Waals surface area contributed by atoms with Crippen LogP contribution in [-0.4, -0.2) is 18.2 Å². The van der Waals surface area contributed by atoms with Gasteiger partial charge in [0.2, 0.25) is 0 Å². The molecule has 0 radical (unpaired) electrons. The lowest BCUT2D eigenvalue weighted by atomic mass is 10.1. The van der Waals surface area contributed by atoms with Crippen molar-refractivity contribution in [3.8, 4) is 0 Å². The molecule has 0 amide bonds. The molecule has 1 atom stereocenters. The standard InChI is InChI=1S/C10H12ClF3N2/c1-15-8(4-5-10(12,13)14)9-3-2-7(11)6-16-9/h2-3,6,8,15H,4-5H2,1H3. The van der Waals surface area contributed by atoms with Crippen molar-refractivity contribution < 1.29 is 13.2 Å². The third-order valence-corrected chi connectivity index (χ3v) is 2.40. The van der Waals surface area contributed by atoms with E-state index >= 15 is 0 Å². The van der Waals surface area contributed by atoms with E-state index in [-0.39, 0.29) is 6.42 Å². The molecule has 0 aromatic carbocycles. The first-order valence-corrected chi connectivity index (χ1v) is 5.15. The van der Waals surface area contributed by atoms with E-state index in [1.165, 1.54) is 6.20 Å². The third kappa shape index (κ3) is 4.37. The first-order valence-electron chi connectivity index (χ1n) is 4.78. The van der Waals surface area contributed by atoms with Crippen molar-refractivity contribution in [3.05, 3.63) is 29.0 Å². The molecule has 16 heavy (non-hydrogen) atoms. The van der Waals surface area contributed by atoms with Crippen LogP contribution in [0.3, 0.4) is 0 Å². The van der Waals surface area contributed by atoms with E-state index in [0.29, 0.717) is 10.7 Å². The van der Waals surface area contributed by atoms with Gasteiger partial charge in [-0.1, -0.05) is 11.6 Å². The smallest absolute Gasteiger partial charge is 0.312 e. The van der Waals surface area contributed by atoms with Crippen LogP contribution >= 0.6 is 11.6 Å². The normalized spacial score (nSPS) is 13.8. The second kappa shape index (κ2) is 5.50. The lowest BCUT2D eigenvalue weighted by molar-refractivity contribution is -0.136. The zero-order valence-electron chi connectivity index (χ0n) is 8.68. The average Bonchev–Trinajstić information content (AvgIpc) is 2.20. The molecule has 6 heteroatoms. The number of halogens is 4. The van der Waals surface area contributed by atoms with E-state index in [1.54, 1.807) is 19.2 Å². The topological polar surface area (TPSA) is 24.9 Å². The Hall–Kier alpha value is -0.810. The van der Waals surface area contributed by atoms with E-state index in [9.17, 15) is 13.2 Å². The molecule has 0 aliphatic carbocycles. The van der Waals surface area contributed by atoms with Gasteiger partial charge in [-0.15, -0.1) is 0 Å². The van der Waals surface area contributed by atoms with Crippen LogP contribution < -0.4 is 5.32 Å². The molecule has 0 fully saturated rings. The zero-order valence-corrected chi connectivity index (χ0v) is 9.44. The lowest BCUT2D eigenvalue weighted by Crippen LogP contribution is -2.20. The van der Waals surface area contributed by atoms with E-state index in [1.807, 2.05) is 0 Å².